The van der Waals surface area contributed by atoms with E-state index < -0.39 is 30.4 Å². The lowest BCUT2D eigenvalue weighted by atomic mass is 10.1. The second kappa shape index (κ2) is 6.67. The van der Waals surface area contributed by atoms with Crippen LogP contribution in [0.4, 0.5) is 5.69 Å². The SMILES string of the molecule is Cc1ccc(N(CC(=O)O)C(=O)C(N)CC(N)=O)cc1. The summed E-state index contributed by atoms with van der Waals surface area (Å²) in [4.78, 5) is 34.8. The number of anilines is 1. The fourth-order valence-electron chi connectivity index (χ4n) is 1.66. The summed E-state index contributed by atoms with van der Waals surface area (Å²) >= 11 is 0. The Balaban J connectivity index is 2.99. The van der Waals surface area contributed by atoms with E-state index in [1.165, 1.54) is 0 Å². The first-order valence-corrected chi connectivity index (χ1v) is 5.95. The molecule has 0 aliphatic heterocycles. The van der Waals surface area contributed by atoms with E-state index >= 15 is 0 Å². The van der Waals surface area contributed by atoms with Gasteiger partial charge in [0, 0.05) is 5.69 Å². The van der Waals surface area contributed by atoms with E-state index in [1.54, 1.807) is 24.3 Å². The zero-order chi connectivity index (χ0) is 15.3. The number of nitrogens with two attached hydrogens (primary N) is 2. The van der Waals surface area contributed by atoms with E-state index in [0.717, 1.165) is 10.5 Å². The highest BCUT2D eigenvalue weighted by atomic mass is 16.4. The van der Waals surface area contributed by atoms with E-state index in [9.17, 15) is 14.4 Å². The molecule has 1 atom stereocenters. The lowest BCUT2D eigenvalue weighted by Gasteiger charge is -2.23. The van der Waals surface area contributed by atoms with Crippen LogP contribution in [0.1, 0.15) is 12.0 Å². The second-order valence-corrected chi connectivity index (χ2v) is 4.43. The fraction of sp³-hybridized carbons (Fsp3) is 0.308. The topological polar surface area (TPSA) is 127 Å². The number of rotatable bonds is 6. The minimum Gasteiger partial charge on any atom is -0.480 e. The number of benzene rings is 1. The third kappa shape index (κ3) is 4.36. The van der Waals surface area contributed by atoms with Crippen molar-refractivity contribution in [1.29, 1.82) is 0 Å². The van der Waals surface area contributed by atoms with Crippen LogP contribution in [-0.4, -0.2) is 35.5 Å². The van der Waals surface area contributed by atoms with Crippen LogP contribution in [0.5, 0.6) is 0 Å². The van der Waals surface area contributed by atoms with E-state index in [0.29, 0.717) is 5.69 Å². The average molecular weight is 279 g/mol. The summed E-state index contributed by atoms with van der Waals surface area (Å²) in [5, 5.41) is 8.89. The van der Waals surface area contributed by atoms with Crippen LogP contribution in [0.3, 0.4) is 0 Å². The van der Waals surface area contributed by atoms with Crippen molar-refractivity contribution in [2.24, 2.45) is 11.5 Å². The molecule has 1 aromatic carbocycles. The van der Waals surface area contributed by atoms with Crippen LogP contribution in [0.25, 0.3) is 0 Å². The summed E-state index contributed by atoms with van der Waals surface area (Å²) in [6.07, 6.45) is -0.333. The van der Waals surface area contributed by atoms with Crippen LogP contribution in [0, 0.1) is 6.92 Å². The van der Waals surface area contributed by atoms with Crippen molar-refractivity contribution >= 4 is 23.5 Å². The number of primary amides is 1. The molecular weight excluding hydrogens is 262 g/mol. The molecule has 20 heavy (non-hydrogen) atoms. The summed E-state index contributed by atoms with van der Waals surface area (Å²) in [5.41, 5.74) is 11.9. The molecule has 0 aromatic heterocycles. The van der Waals surface area contributed by atoms with Gasteiger partial charge in [-0.2, -0.15) is 0 Å². The van der Waals surface area contributed by atoms with E-state index in [-0.39, 0.29) is 6.42 Å². The molecule has 7 nitrogen and oxygen atoms in total. The number of aryl methyl sites for hydroxylation is 1. The molecule has 0 heterocycles. The van der Waals surface area contributed by atoms with Gasteiger partial charge in [0.15, 0.2) is 0 Å². The van der Waals surface area contributed by atoms with Gasteiger partial charge in [-0.05, 0) is 19.1 Å². The molecule has 0 bridgehead atoms. The Kier molecular flexibility index (Phi) is 5.22. The van der Waals surface area contributed by atoms with Crippen LogP contribution >= 0.6 is 0 Å². The molecule has 1 rings (SSSR count). The maximum Gasteiger partial charge on any atom is 0.323 e. The van der Waals surface area contributed by atoms with Crippen LogP contribution in [0.15, 0.2) is 24.3 Å². The standard InChI is InChI=1S/C13H17N3O4/c1-8-2-4-9(5-3-8)16(7-12(18)19)13(20)10(14)6-11(15)17/h2-5,10H,6-7,14H2,1H3,(H2,15,17)(H,18,19). The number of nitrogens with zero attached hydrogens (tertiary/aromatic N) is 1. The molecular formula is C13H17N3O4. The third-order valence-corrected chi connectivity index (χ3v) is 2.64. The number of carbonyl (C=O) groups is 3. The van der Waals surface area contributed by atoms with Crippen LogP contribution in [-0.2, 0) is 14.4 Å². The minimum atomic E-state index is -1.18. The Bertz CT molecular complexity index is 513. The molecule has 0 spiro atoms. The summed E-state index contributed by atoms with van der Waals surface area (Å²) < 4.78 is 0. The number of carboxylic acids is 1. The molecule has 0 fully saturated rings. The molecule has 0 aliphatic rings. The number of amides is 2. The third-order valence-electron chi connectivity index (χ3n) is 2.64. The average Bonchev–Trinajstić information content (AvgIpc) is 2.35. The molecule has 1 aromatic rings. The minimum absolute atomic E-state index is 0.333. The highest BCUT2D eigenvalue weighted by Crippen LogP contribution is 2.16. The Morgan fingerprint density at radius 2 is 1.80 bits per heavy atom. The van der Waals surface area contributed by atoms with Gasteiger partial charge in [-0.3, -0.25) is 19.3 Å². The largest absolute Gasteiger partial charge is 0.480 e. The maximum absolute atomic E-state index is 12.1. The molecule has 0 saturated heterocycles. The fourth-order valence-corrected chi connectivity index (χ4v) is 1.66. The molecule has 0 saturated carbocycles. The summed E-state index contributed by atoms with van der Waals surface area (Å²) in [6.45, 7) is 1.33. The Morgan fingerprint density at radius 3 is 2.25 bits per heavy atom. The monoisotopic (exact) mass is 279 g/mol. The van der Waals surface area contributed by atoms with E-state index in [4.69, 9.17) is 16.6 Å². The molecule has 2 amide bonds. The zero-order valence-corrected chi connectivity index (χ0v) is 11.1. The number of hydrogen-bond donors (Lipinski definition) is 3. The molecule has 5 N–H and O–H groups in total. The van der Waals surface area contributed by atoms with Gasteiger partial charge in [-0.15, -0.1) is 0 Å². The highest BCUT2D eigenvalue weighted by Gasteiger charge is 2.25. The van der Waals surface area contributed by atoms with Crippen molar-refractivity contribution in [2.45, 2.75) is 19.4 Å². The maximum atomic E-state index is 12.1. The van der Waals surface area contributed by atoms with Gasteiger partial charge in [0.2, 0.25) is 11.8 Å². The van der Waals surface area contributed by atoms with Crippen LogP contribution in [0.2, 0.25) is 0 Å². The van der Waals surface area contributed by atoms with Gasteiger partial charge in [-0.1, -0.05) is 17.7 Å². The first kappa shape index (κ1) is 15.6. The predicted octanol–water partition coefficient (Wildman–Crippen LogP) is -0.385. The van der Waals surface area contributed by atoms with E-state index in [2.05, 4.69) is 0 Å². The second-order valence-electron chi connectivity index (χ2n) is 4.43. The number of hydrogen-bond acceptors (Lipinski definition) is 4. The summed E-state index contributed by atoms with van der Waals surface area (Å²) in [5.74, 6) is -2.55. The number of aliphatic carboxylic acids is 1. The van der Waals surface area contributed by atoms with Crippen molar-refractivity contribution in [2.75, 3.05) is 11.4 Å². The highest BCUT2D eigenvalue weighted by molar-refractivity contribution is 6.02. The van der Waals surface area contributed by atoms with Gasteiger partial charge >= 0.3 is 5.97 Å². The first-order chi connectivity index (χ1) is 9.31. The first-order valence-electron chi connectivity index (χ1n) is 5.95. The normalized spacial score (nSPS) is 11.7. The van der Waals surface area contributed by atoms with Gasteiger partial charge in [-0.25, -0.2) is 0 Å². The smallest absolute Gasteiger partial charge is 0.323 e. The van der Waals surface area contributed by atoms with Gasteiger partial charge in [0.25, 0.3) is 0 Å². The summed E-state index contributed by atoms with van der Waals surface area (Å²) in [7, 11) is 0. The van der Waals surface area contributed by atoms with Gasteiger partial charge in [0.1, 0.15) is 6.54 Å². The molecule has 7 heteroatoms. The number of carbonyl (C=O) groups excluding carboxylic acids is 2. The lowest BCUT2D eigenvalue weighted by molar-refractivity contribution is -0.136. The Labute approximate surface area is 116 Å². The Morgan fingerprint density at radius 1 is 1.25 bits per heavy atom. The zero-order valence-electron chi connectivity index (χ0n) is 11.1. The van der Waals surface area contributed by atoms with Crippen molar-refractivity contribution in [3.8, 4) is 0 Å². The molecule has 0 radical (unpaired) electrons. The van der Waals surface area contributed by atoms with Gasteiger partial charge in [0.05, 0.1) is 12.5 Å². The quantitative estimate of drug-likeness (QED) is 0.654. The van der Waals surface area contributed by atoms with Crippen molar-refractivity contribution in [3.05, 3.63) is 29.8 Å². The van der Waals surface area contributed by atoms with Crippen molar-refractivity contribution in [3.63, 3.8) is 0 Å². The molecule has 108 valence electrons. The van der Waals surface area contributed by atoms with Crippen molar-refractivity contribution < 1.29 is 19.5 Å². The van der Waals surface area contributed by atoms with Crippen LogP contribution < -0.4 is 16.4 Å². The molecule has 0 aliphatic carbocycles. The summed E-state index contributed by atoms with van der Waals surface area (Å²) in [6, 6.07) is 5.57. The number of carboxylic acid groups (broad SMARTS) is 1. The predicted molar refractivity (Wildman–Crippen MR) is 73.0 cm³/mol. The van der Waals surface area contributed by atoms with Gasteiger partial charge < -0.3 is 16.6 Å². The lowest BCUT2D eigenvalue weighted by Crippen LogP contribution is -2.47. The van der Waals surface area contributed by atoms with E-state index in [1.807, 2.05) is 6.92 Å². The molecule has 1 unspecified atom stereocenters. The Hall–Kier alpha value is -2.41. The van der Waals surface area contributed by atoms with Crippen molar-refractivity contribution in [1.82, 2.24) is 0 Å².